The first kappa shape index (κ1) is 46.7. The minimum atomic E-state index is 0. The molecule has 58 heavy (non-hydrogen) atoms. The van der Waals surface area contributed by atoms with Crippen molar-refractivity contribution in [3.8, 4) is 11.1 Å². The maximum Gasteiger partial charge on any atom is -0.172 e. The molecule has 0 atom stereocenters. The van der Waals surface area contributed by atoms with Gasteiger partial charge in [-0.3, -0.25) is 0 Å². The van der Waals surface area contributed by atoms with Crippen molar-refractivity contribution in [3.63, 3.8) is 0 Å². The van der Waals surface area contributed by atoms with Gasteiger partial charge in [-0.25, -0.2) is 12.1 Å². The van der Waals surface area contributed by atoms with Crippen LogP contribution in [-0.4, -0.2) is 3.21 Å². The molecule has 1 aliphatic carbocycles. The van der Waals surface area contributed by atoms with Gasteiger partial charge >= 0.3 is 183 Å². The van der Waals surface area contributed by atoms with Crippen LogP contribution in [0.25, 0.3) is 11.1 Å². The fourth-order valence-corrected chi connectivity index (χ4v) is 9.83. The average molecular weight is 879 g/mol. The van der Waals surface area contributed by atoms with Crippen LogP contribution in [-0.2, 0) is 41.5 Å². The summed E-state index contributed by atoms with van der Waals surface area (Å²) in [4.78, 5) is 0. The number of hydrogen-bond acceptors (Lipinski definition) is 0. The molecule has 0 spiro atoms. The summed E-state index contributed by atoms with van der Waals surface area (Å²) in [6.45, 7) is 18.2. The van der Waals surface area contributed by atoms with E-state index >= 15 is 0 Å². The van der Waals surface area contributed by atoms with Gasteiger partial charge in [0.15, 0.2) is 0 Å². The van der Waals surface area contributed by atoms with E-state index in [1.165, 1.54) is 94.2 Å². The Morgan fingerprint density at radius 1 is 0.534 bits per heavy atom. The number of halogens is 2. The zero-order valence-corrected chi connectivity index (χ0v) is 39.3. The zero-order chi connectivity index (χ0) is 39.9. The van der Waals surface area contributed by atoms with Crippen LogP contribution in [0.3, 0.4) is 0 Å². The Hall–Kier alpha value is -4.00. The maximum absolute atomic E-state index is 3.69. The predicted octanol–water partition coefficient (Wildman–Crippen LogP) is 8.05. The van der Waals surface area contributed by atoms with Crippen LogP contribution in [0.15, 0.2) is 170 Å². The van der Waals surface area contributed by atoms with Crippen molar-refractivity contribution in [2.75, 3.05) is 0 Å². The topological polar surface area (TPSA) is 0 Å². The van der Waals surface area contributed by atoms with E-state index in [2.05, 4.69) is 201 Å². The van der Waals surface area contributed by atoms with Crippen LogP contribution in [0.1, 0.15) is 109 Å². The van der Waals surface area contributed by atoms with Crippen molar-refractivity contribution in [1.29, 1.82) is 0 Å². The SMILES string of the molecule is Cc1[c-]c2c(cc1C(C)(C)C)-c1cc(C(C)(C)C)c(C)cc1C2.[Cl-].[Cl-].[Zr+2]=[C](C(c1ccccc1)c1ccccc1)C(c1ccccc1)c1ccccc1.c1cc[cH-]c1. The van der Waals surface area contributed by atoms with Crippen molar-refractivity contribution in [2.24, 2.45) is 0 Å². The molecule has 0 bridgehead atoms. The van der Waals surface area contributed by atoms with Gasteiger partial charge in [-0.1, -0.05) is 71.6 Å². The van der Waals surface area contributed by atoms with E-state index in [1.54, 1.807) is 0 Å². The molecule has 0 radical (unpaired) electrons. The van der Waals surface area contributed by atoms with Gasteiger partial charge in [0.05, 0.1) is 0 Å². The molecule has 0 saturated carbocycles. The Morgan fingerprint density at radius 2 is 0.914 bits per heavy atom. The Kier molecular flexibility index (Phi) is 16.7. The van der Waals surface area contributed by atoms with Crippen LogP contribution in [0.5, 0.6) is 0 Å². The molecule has 7 aromatic rings. The summed E-state index contributed by atoms with van der Waals surface area (Å²) in [6, 6.07) is 64.6. The van der Waals surface area contributed by atoms with E-state index in [1.807, 2.05) is 30.3 Å². The first-order chi connectivity index (χ1) is 26.8. The molecule has 3 heteroatoms. The third kappa shape index (κ3) is 11.4. The monoisotopic (exact) mass is 876 g/mol. The summed E-state index contributed by atoms with van der Waals surface area (Å²) in [5.41, 5.74) is 17.0. The summed E-state index contributed by atoms with van der Waals surface area (Å²) in [7, 11) is 0. The summed E-state index contributed by atoms with van der Waals surface area (Å²) >= 11 is 1.47. The molecule has 0 nitrogen and oxygen atoms in total. The molecule has 0 heterocycles. The molecule has 0 unspecified atom stereocenters. The fraction of sp³-hybridized carbons (Fsp3) is 0.236. The summed E-state index contributed by atoms with van der Waals surface area (Å²) in [5.74, 6) is 0.567. The molecule has 0 aliphatic heterocycles. The Morgan fingerprint density at radius 3 is 1.26 bits per heavy atom. The Balaban J connectivity index is 0.000000225. The minimum absolute atomic E-state index is 0. The van der Waals surface area contributed by atoms with Gasteiger partial charge < -0.3 is 24.8 Å². The van der Waals surface area contributed by atoms with Gasteiger partial charge in [0.2, 0.25) is 0 Å². The van der Waals surface area contributed by atoms with E-state index < -0.39 is 0 Å². The fourth-order valence-electron chi connectivity index (χ4n) is 8.20. The van der Waals surface area contributed by atoms with E-state index in [-0.39, 0.29) is 47.5 Å². The number of rotatable bonds is 6. The Bertz CT molecular complexity index is 2070. The summed E-state index contributed by atoms with van der Waals surface area (Å²) in [5, 5.41) is 0. The van der Waals surface area contributed by atoms with Crippen molar-refractivity contribution < 1.29 is 49.0 Å². The first-order valence-corrected chi connectivity index (χ1v) is 21.2. The maximum atomic E-state index is 3.69. The van der Waals surface area contributed by atoms with Gasteiger partial charge in [0, 0.05) is 0 Å². The van der Waals surface area contributed by atoms with E-state index in [0.29, 0.717) is 0 Å². The number of aryl methyl sites for hydroxylation is 2. The molecule has 0 fully saturated rings. The standard InChI is InChI=1S/C27H22.C23H29.C5H5.2ClH.Zr/c1-5-13-22(14-6-1)26(23-15-7-2-8-16-23)21-27(24-17-9-3-10-18-24)25-19-11-4-12-20-25;1-14-9-16-11-17-10-15(2)21(23(6,7)8)13-19(17)18(16)12-20(14)22(3,4)5;1-2-4-5-3-1;;;/h1-20,26-27H;9,12-13H,11H2,1-8H3;1-5H;2*1H;/q;2*-1;;;+2/p-2. The second-order valence-corrected chi connectivity index (χ2v) is 18.5. The van der Waals surface area contributed by atoms with Crippen LogP contribution >= 0.6 is 0 Å². The molecular weight excluding hydrogens is 823 g/mol. The average Bonchev–Trinajstić information content (AvgIpc) is 3.88. The van der Waals surface area contributed by atoms with Gasteiger partial charge in [-0.2, -0.15) is 35.9 Å². The molecule has 0 N–H and O–H groups in total. The van der Waals surface area contributed by atoms with Gasteiger partial charge in [-0.15, -0.1) is 16.7 Å². The van der Waals surface area contributed by atoms with Crippen molar-refractivity contribution in [3.05, 3.63) is 232 Å². The second-order valence-electron chi connectivity index (χ2n) is 17.1. The zero-order valence-electron chi connectivity index (χ0n) is 35.3. The summed E-state index contributed by atoms with van der Waals surface area (Å²) in [6.07, 6.45) is 1.03. The van der Waals surface area contributed by atoms with E-state index in [9.17, 15) is 0 Å². The van der Waals surface area contributed by atoms with Crippen molar-refractivity contribution in [2.45, 2.75) is 84.5 Å². The minimum Gasteiger partial charge on any atom is -0.214 e. The molecular formula is C55H56Cl2Zr-2. The molecule has 8 rings (SSSR count). The normalized spacial score (nSPS) is 11.5. The molecule has 0 aromatic heterocycles. The molecule has 1 aliphatic rings. The number of hydrogen-bond donors (Lipinski definition) is 0. The molecule has 7 aromatic carbocycles. The first-order valence-electron chi connectivity index (χ1n) is 20.0. The predicted molar refractivity (Wildman–Crippen MR) is 237 cm³/mol. The van der Waals surface area contributed by atoms with Gasteiger partial charge in [0.1, 0.15) is 0 Å². The van der Waals surface area contributed by atoms with Gasteiger partial charge in [0.25, 0.3) is 0 Å². The third-order valence-electron chi connectivity index (χ3n) is 10.8. The largest absolute Gasteiger partial charge is 0.214 e. The van der Waals surface area contributed by atoms with E-state index in [4.69, 9.17) is 0 Å². The number of benzene rings is 6. The molecule has 0 saturated heterocycles. The smallest absolute Gasteiger partial charge is 0.172 e. The summed E-state index contributed by atoms with van der Waals surface area (Å²) < 4.78 is 1.53. The number of fused-ring (bicyclic) bond motifs is 3. The Labute approximate surface area is 376 Å². The van der Waals surface area contributed by atoms with Crippen LogP contribution < -0.4 is 24.8 Å². The molecule has 0 amide bonds. The molecule has 296 valence electrons. The third-order valence-corrected chi connectivity index (χ3v) is 12.2. The van der Waals surface area contributed by atoms with Crippen LogP contribution in [0.2, 0.25) is 0 Å². The second kappa shape index (κ2) is 20.8. The van der Waals surface area contributed by atoms with Crippen molar-refractivity contribution in [1.82, 2.24) is 0 Å². The van der Waals surface area contributed by atoms with Gasteiger partial charge in [-0.05, 0) is 35.4 Å². The van der Waals surface area contributed by atoms with Crippen LogP contribution in [0.4, 0.5) is 0 Å². The van der Waals surface area contributed by atoms with E-state index in [0.717, 1.165) is 6.42 Å². The quantitative estimate of drug-likeness (QED) is 0.149. The van der Waals surface area contributed by atoms with Crippen molar-refractivity contribution >= 4 is 3.21 Å². The van der Waals surface area contributed by atoms with Crippen LogP contribution in [0, 0.1) is 19.9 Å².